The highest BCUT2D eigenvalue weighted by Crippen LogP contribution is 2.37. The van der Waals surface area contributed by atoms with Gasteiger partial charge in [0.25, 0.3) is 5.56 Å². The number of rotatable bonds is 8. The van der Waals surface area contributed by atoms with Crippen LogP contribution in [0.15, 0.2) is 77.6 Å². The minimum absolute atomic E-state index is 0.0691. The molecule has 0 radical (unpaired) electrons. The van der Waals surface area contributed by atoms with Crippen LogP contribution in [0.5, 0.6) is 0 Å². The molecule has 2 heterocycles. The SMILES string of the molecule is CC(C)n1nc(-c2sc(NC(=O)CNCc3ccccc3)nc2-c2ccccc2)ccc1=O. The van der Waals surface area contributed by atoms with Crippen LogP contribution in [0.1, 0.15) is 25.5 Å². The van der Waals surface area contributed by atoms with Gasteiger partial charge >= 0.3 is 0 Å². The van der Waals surface area contributed by atoms with E-state index >= 15 is 0 Å². The average molecular weight is 460 g/mol. The zero-order valence-corrected chi connectivity index (χ0v) is 19.3. The second-order valence-corrected chi connectivity index (χ2v) is 8.79. The lowest BCUT2D eigenvalue weighted by atomic mass is 10.1. The number of aromatic nitrogens is 3. The first-order chi connectivity index (χ1) is 16.0. The quantitative estimate of drug-likeness (QED) is 0.409. The minimum atomic E-state index is -0.175. The van der Waals surface area contributed by atoms with Crippen LogP contribution in [0.25, 0.3) is 21.8 Å². The van der Waals surface area contributed by atoms with Gasteiger partial charge in [-0.3, -0.25) is 9.59 Å². The maximum Gasteiger partial charge on any atom is 0.267 e. The third kappa shape index (κ3) is 5.60. The number of benzene rings is 2. The molecule has 0 aliphatic carbocycles. The van der Waals surface area contributed by atoms with E-state index in [4.69, 9.17) is 4.98 Å². The third-order valence-electron chi connectivity index (χ3n) is 4.93. The zero-order valence-electron chi connectivity index (χ0n) is 18.5. The molecule has 0 saturated heterocycles. The minimum Gasteiger partial charge on any atom is -0.304 e. The highest BCUT2D eigenvalue weighted by Gasteiger charge is 2.18. The fourth-order valence-electron chi connectivity index (χ4n) is 3.33. The highest BCUT2D eigenvalue weighted by atomic mass is 32.1. The van der Waals surface area contributed by atoms with Crippen LogP contribution < -0.4 is 16.2 Å². The lowest BCUT2D eigenvalue weighted by Gasteiger charge is -2.09. The summed E-state index contributed by atoms with van der Waals surface area (Å²) in [4.78, 5) is 30.2. The van der Waals surface area contributed by atoms with Crippen LogP contribution in [0.3, 0.4) is 0 Å². The lowest BCUT2D eigenvalue weighted by molar-refractivity contribution is -0.115. The molecule has 2 aromatic heterocycles. The van der Waals surface area contributed by atoms with Gasteiger partial charge in [-0.1, -0.05) is 72.0 Å². The fourth-order valence-corrected chi connectivity index (χ4v) is 4.30. The molecule has 168 valence electrons. The van der Waals surface area contributed by atoms with Crippen molar-refractivity contribution in [1.82, 2.24) is 20.1 Å². The molecule has 4 rings (SSSR count). The monoisotopic (exact) mass is 459 g/mol. The number of anilines is 1. The Morgan fingerprint density at radius 3 is 2.39 bits per heavy atom. The van der Waals surface area contributed by atoms with Crippen molar-refractivity contribution in [3.8, 4) is 21.8 Å². The van der Waals surface area contributed by atoms with Crippen molar-refractivity contribution in [2.45, 2.75) is 26.4 Å². The van der Waals surface area contributed by atoms with Gasteiger partial charge in [-0.15, -0.1) is 0 Å². The van der Waals surface area contributed by atoms with Crippen molar-refractivity contribution >= 4 is 22.4 Å². The van der Waals surface area contributed by atoms with Crippen molar-refractivity contribution in [3.05, 3.63) is 88.7 Å². The molecule has 0 aliphatic rings. The second kappa shape index (κ2) is 10.3. The van der Waals surface area contributed by atoms with Crippen LogP contribution in [-0.2, 0) is 11.3 Å². The molecular weight excluding hydrogens is 434 g/mol. The molecule has 0 unspecified atom stereocenters. The number of hydrogen-bond donors (Lipinski definition) is 2. The predicted molar refractivity (Wildman–Crippen MR) is 132 cm³/mol. The van der Waals surface area contributed by atoms with Gasteiger partial charge in [0.05, 0.1) is 23.2 Å². The molecular formula is C25H25N5O2S. The van der Waals surface area contributed by atoms with Gasteiger partial charge in [0.2, 0.25) is 5.91 Å². The van der Waals surface area contributed by atoms with Crippen molar-refractivity contribution in [1.29, 1.82) is 0 Å². The predicted octanol–water partition coefficient (Wildman–Crippen LogP) is 4.34. The van der Waals surface area contributed by atoms with Gasteiger partial charge in [-0.05, 0) is 25.5 Å². The molecule has 0 saturated carbocycles. The molecule has 2 aromatic carbocycles. The Morgan fingerprint density at radius 1 is 1.00 bits per heavy atom. The maximum absolute atomic E-state index is 12.5. The molecule has 0 atom stereocenters. The molecule has 0 aliphatic heterocycles. The Morgan fingerprint density at radius 2 is 1.70 bits per heavy atom. The zero-order chi connectivity index (χ0) is 23.2. The smallest absolute Gasteiger partial charge is 0.267 e. The largest absolute Gasteiger partial charge is 0.304 e. The summed E-state index contributed by atoms with van der Waals surface area (Å²) in [6.45, 7) is 4.60. The third-order valence-corrected chi connectivity index (χ3v) is 5.92. The van der Waals surface area contributed by atoms with E-state index in [1.54, 1.807) is 6.07 Å². The first-order valence-electron chi connectivity index (χ1n) is 10.7. The Labute approximate surface area is 196 Å². The van der Waals surface area contributed by atoms with Gasteiger partial charge in [-0.25, -0.2) is 9.67 Å². The molecule has 0 bridgehead atoms. The van der Waals surface area contributed by atoms with Crippen molar-refractivity contribution < 1.29 is 4.79 Å². The number of carbonyl (C=O) groups excluding carboxylic acids is 1. The molecule has 8 heteroatoms. The number of carbonyl (C=O) groups is 1. The Bertz CT molecular complexity index is 1280. The molecule has 7 nitrogen and oxygen atoms in total. The average Bonchev–Trinajstić information content (AvgIpc) is 3.24. The van der Waals surface area contributed by atoms with Gasteiger partial charge in [0.15, 0.2) is 5.13 Å². The number of nitrogens with one attached hydrogen (secondary N) is 2. The van der Waals surface area contributed by atoms with Crippen LogP contribution in [0, 0.1) is 0 Å². The van der Waals surface area contributed by atoms with Gasteiger partial charge in [0.1, 0.15) is 5.69 Å². The van der Waals surface area contributed by atoms with Crippen molar-refractivity contribution in [2.24, 2.45) is 0 Å². The number of nitrogens with zero attached hydrogens (tertiary/aromatic N) is 3. The standard InChI is InChI=1S/C25H25N5O2S/c1-17(2)30-22(32)14-13-20(29-30)24-23(19-11-7-4-8-12-19)28-25(33-24)27-21(31)16-26-15-18-9-5-3-6-10-18/h3-14,17,26H,15-16H2,1-2H3,(H,27,28,31). The molecule has 0 spiro atoms. The van der Waals surface area contributed by atoms with E-state index in [1.165, 1.54) is 22.1 Å². The summed E-state index contributed by atoms with van der Waals surface area (Å²) in [6.07, 6.45) is 0. The van der Waals surface area contributed by atoms with Gasteiger partial charge in [-0.2, -0.15) is 5.10 Å². The summed E-state index contributed by atoms with van der Waals surface area (Å²) in [5, 5.41) is 11.1. The van der Waals surface area contributed by atoms with E-state index in [0.717, 1.165) is 21.7 Å². The van der Waals surface area contributed by atoms with E-state index in [9.17, 15) is 9.59 Å². The maximum atomic E-state index is 12.5. The van der Waals surface area contributed by atoms with Crippen LogP contribution in [0.2, 0.25) is 0 Å². The Balaban J connectivity index is 1.57. The van der Waals surface area contributed by atoms with Gasteiger partial charge in [0, 0.05) is 18.2 Å². The van der Waals surface area contributed by atoms with Crippen LogP contribution >= 0.6 is 11.3 Å². The molecule has 1 amide bonds. The topological polar surface area (TPSA) is 88.9 Å². The summed E-state index contributed by atoms with van der Waals surface area (Å²) in [7, 11) is 0. The molecule has 0 fully saturated rings. The van der Waals surface area contributed by atoms with E-state index in [1.807, 2.05) is 74.5 Å². The van der Waals surface area contributed by atoms with Crippen LogP contribution in [-0.4, -0.2) is 27.2 Å². The van der Waals surface area contributed by atoms with E-state index in [2.05, 4.69) is 15.7 Å². The first kappa shape index (κ1) is 22.6. The van der Waals surface area contributed by atoms with Crippen molar-refractivity contribution in [3.63, 3.8) is 0 Å². The Hall–Kier alpha value is -3.62. The summed E-state index contributed by atoms with van der Waals surface area (Å²) >= 11 is 1.34. The van der Waals surface area contributed by atoms with E-state index < -0.39 is 0 Å². The fraction of sp³-hybridized carbons (Fsp3) is 0.200. The number of thiazole rings is 1. The number of hydrogen-bond acceptors (Lipinski definition) is 6. The molecule has 2 N–H and O–H groups in total. The second-order valence-electron chi connectivity index (χ2n) is 7.80. The summed E-state index contributed by atoms with van der Waals surface area (Å²) < 4.78 is 1.45. The molecule has 4 aromatic rings. The van der Waals surface area contributed by atoms with Crippen molar-refractivity contribution in [2.75, 3.05) is 11.9 Å². The summed E-state index contributed by atoms with van der Waals surface area (Å²) in [5.74, 6) is -0.175. The summed E-state index contributed by atoms with van der Waals surface area (Å²) in [6, 6.07) is 22.8. The summed E-state index contributed by atoms with van der Waals surface area (Å²) in [5.41, 5.74) is 3.23. The molecule has 33 heavy (non-hydrogen) atoms. The first-order valence-corrected chi connectivity index (χ1v) is 11.5. The van der Waals surface area contributed by atoms with E-state index in [-0.39, 0.29) is 24.1 Å². The van der Waals surface area contributed by atoms with Crippen LogP contribution in [0.4, 0.5) is 5.13 Å². The normalized spacial score (nSPS) is 11.0. The Kier molecular flexibility index (Phi) is 7.07. The lowest BCUT2D eigenvalue weighted by Crippen LogP contribution is -2.27. The highest BCUT2D eigenvalue weighted by molar-refractivity contribution is 7.19. The number of amides is 1. The van der Waals surface area contributed by atoms with E-state index in [0.29, 0.717) is 17.4 Å². The van der Waals surface area contributed by atoms with Gasteiger partial charge < -0.3 is 10.6 Å².